The highest BCUT2D eigenvalue weighted by Gasteiger charge is 2.38. The van der Waals surface area contributed by atoms with Gasteiger partial charge in [-0.2, -0.15) is 27.9 Å². The quantitative estimate of drug-likeness (QED) is 0.549. The summed E-state index contributed by atoms with van der Waals surface area (Å²) in [4.78, 5) is 15.9. The molecule has 0 aliphatic carbocycles. The molecule has 0 unspecified atom stereocenters. The van der Waals surface area contributed by atoms with E-state index in [1.807, 2.05) is 6.07 Å². The highest BCUT2D eigenvalue weighted by atomic mass is 19.4. The van der Waals surface area contributed by atoms with E-state index in [9.17, 15) is 18.0 Å². The van der Waals surface area contributed by atoms with E-state index in [1.54, 1.807) is 36.5 Å². The predicted octanol–water partition coefficient (Wildman–Crippen LogP) is 3.45. The van der Waals surface area contributed by atoms with E-state index in [4.69, 9.17) is 0 Å². The standard InChI is InChI=1S/C17H9F3N4O2/c18-17(19,20)16-22-14(23-26-16)10-5-7-12(8-6-10)24-15(25)13-4-2-1-3-11(13)9-21-24/h1-9H. The molecule has 0 saturated carbocycles. The van der Waals surface area contributed by atoms with E-state index >= 15 is 0 Å². The van der Waals surface area contributed by atoms with E-state index < -0.39 is 12.1 Å². The van der Waals surface area contributed by atoms with E-state index in [1.165, 1.54) is 16.8 Å². The third kappa shape index (κ3) is 2.73. The number of hydrogen-bond acceptors (Lipinski definition) is 5. The number of fused-ring (bicyclic) bond motifs is 1. The van der Waals surface area contributed by atoms with Crippen LogP contribution < -0.4 is 5.56 Å². The lowest BCUT2D eigenvalue weighted by Gasteiger charge is -2.06. The van der Waals surface area contributed by atoms with Crippen LogP contribution in [-0.2, 0) is 6.18 Å². The van der Waals surface area contributed by atoms with Crippen molar-refractivity contribution in [2.75, 3.05) is 0 Å². The number of rotatable bonds is 2. The minimum atomic E-state index is -4.70. The molecule has 2 aromatic carbocycles. The smallest absolute Gasteiger partial charge is 0.329 e. The van der Waals surface area contributed by atoms with Crippen molar-refractivity contribution in [1.82, 2.24) is 19.9 Å². The molecule has 0 saturated heterocycles. The van der Waals surface area contributed by atoms with Gasteiger partial charge in [-0.3, -0.25) is 4.79 Å². The van der Waals surface area contributed by atoms with Gasteiger partial charge in [0.1, 0.15) is 0 Å². The average Bonchev–Trinajstić information content (AvgIpc) is 3.13. The summed E-state index contributed by atoms with van der Waals surface area (Å²) in [5.41, 5.74) is 0.487. The lowest BCUT2D eigenvalue weighted by atomic mass is 10.2. The summed E-state index contributed by atoms with van der Waals surface area (Å²) in [6.07, 6.45) is -3.13. The molecule has 130 valence electrons. The summed E-state index contributed by atoms with van der Waals surface area (Å²) < 4.78 is 43.0. The van der Waals surface area contributed by atoms with E-state index in [2.05, 4.69) is 19.8 Å². The zero-order valence-corrected chi connectivity index (χ0v) is 12.9. The van der Waals surface area contributed by atoms with Gasteiger partial charge in [-0.05, 0) is 30.3 Å². The Bertz CT molecular complexity index is 1150. The first kappa shape index (κ1) is 16.0. The average molecular weight is 358 g/mol. The van der Waals surface area contributed by atoms with Crippen LogP contribution in [0.5, 0.6) is 0 Å². The molecule has 0 N–H and O–H groups in total. The zero-order chi connectivity index (χ0) is 18.3. The van der Waals surface area contributed by atoms with E-state index in [0.29, 0.717) is 16.6 Å². The van der Waals surface area contributed by atoms with Gasteiger partial charge in [0.25, 0.3) is 5.56 Å². The lowest BCUT2D eigenvalue weighted by molar-refractivity contribution is -0.159. The van der Waals surface area contributed by atoms with Crippen LogP contribution in [0.4, 0.5) is 13.2 Å². The maximum Gasteiger partial charge on any atom is 0.471 e. The molecule has 0 amide bonds. The largest absolute Gasteiger partial charge is 0.471 e. The SMILES string of the molecule is O=c1c2ccccc2cnn1-c1ccc(-c2noc(C(F)(F)F)n2)cc1. The molecule has 2 aromatic heterocycles. The highest BCUT2D eigenvalue weighted by Crippen LogP contribution is 2.29. The molecule has 0 fully saturated rings. The molecule has 0 bridgehead atoms. The molecule has 4 aromatic rings. The molecular formula is C17H9F3N4O2. The minimum absolute atomic E-state index is 0.192. The summed E-state index contributed by atoms with van der Waals surface area (Å²) in [6.45, 7) is 0. The number of aromatic nitrogens is 4. The van der Waals surface area contributed by atoms with Gasteiger partial charge < -0.3 is 4.52 Å². The first-order chi connectivity index (χ1) is 12.4. The normalized spacial score (nSPS) is 11.8. The molecule has 0 aliphatic rings. The van der Waals surface area contributed by atoms with Crippen LogP contribution >= 0.6 is 0 Å². The van der Waals surface area contributed by atoms with Crippen molar-refractivity contribution in [3.63, 3.8) is 0 Å². The van der Waals surface area contributed by atoms with Crippen molar-refractivity contribution < 1.29 is 17.7 Å². The predicted molar refractivity (Wildman–Crippen MR) is 85.6 cm³/mol. The Morgan fingerprint density at radius 3 is 2.42 bits per heavy atom. The molecule has 2 heterocycles. The molecule has 0 aliphatic heterocycles. The highest BCUT2D eigenvalue weighted by molar-refractivity contribution is 5.80. The fourth-order valence-electron chi connectivity index (χ4n) is 2.48. The third-order valence-electron chi connectivity index (χ3n) is 3.73. The molecule has 0 radical (unpaired) electrons. The molecule has 9 heteroatoms. The number of alkyl halides is 3. The Labute approximate surface area is 143 Å². The van der Waals surface area contributed by atoms with Crippen LogP contribution in [0.1, 0.15) is 5.89 Å². The Morgan fingerprint density at radius 1 is 1.00 bits per heavy atom. The van der Waals surface area contributed by atoms with Gasteiger partial charge in [0.15, 0.2) is 0 Å². The zero-order valence-electron chi connectivity index (χ0n) is 12.9. The van der Waals surface area contributed by atoms with Crippen molar-refractivity contribution >= 4 is 10.8 Å². The van der Waals surface area contributed by atoms with Crippen molar-refractivity contribution in [3.8, 4) is 17.1 Å². The second-order valence-corrected chi connectivity index (χ2v) is 5.42. The Kier molecular flexibility index (Phi) is 3.57. The van der Waals surface area contributed by atoms with Gasteiger partial charge in [-0.25, -0.2) is 0 Å². The maximum atomic E-state index is 12.5. The van der Waals surface area contributed by atoms with E-state index in [0.717, 1.165) is 5.39 Å². The monoisotopic (exact) mass is 358 g/mol. The summed E-state index contributed by atoms with van der Waals surface area (Å²) in [6, 6.07) is 13.1. The maximum absolute atomic E-state index is 12.5. The first-order valence-electron chi connectivity index (χ1n) is 7.42. The Hall–Kier alpha value is -3.49. The number of nitrogens with zero attached hydrogens (tertiary/aromatic N) is 4. The van der Waals surface area contributed by atoms with Gasteiger partial charge in [0.2, 0.25) is 5.82 Å². The second-order valence-electron chi connectivity index (χ2n) is 5.42. The fourth-order valence-corrected chi connectivity index (χ4v) is 2.48. The summed E-state index contributed by atoms with van der Waals surface area (Å²) in [7, 11) is 0. The molecule has 0 spiro atoms. The topological polar surface area (TPSA) is 73.8 Å². The van der Waals surface area contributed by atoms with Crippen molar-refractivity contribution in [1.29, 1.82) is 0 Å². The van der Waals surface area contributed by atoms with Crippen LogP contribution in [0, 0.1) is 0 Å². The minimum Gasteiger partial charge on any atom is -0.329 e. The van der Waals surface area contributed by atoms with Crippen molar-refractivity contribution in [2.24, 2.45) is 0 Å². The number of halogens is 3. The van der Waals surface area contributed by atoms with Gasteiger partial charge in [0.05, 0.1) is 17.3 Å². The summed E-state index contributed by atoms with van der Waals surface area (Å²) in [5.74, 6) is -1.60. The molecule has 4 rings (SSSR count). The van der Waals surface area contributed by atoms with Gasteiger partial charge in [-0.1, -0.05) is 23.4 Å². The van der Waals surface area contributed by atoms with Gasteiger partial charge in [0, 0.05) is 10.9 Å². The first-order valence-corrected chi connectivity index (χ1v) is 7.42. The molecule has 26 heavy (non-hydrogen) atoms. The Balaban J connectivity index is 1.72. The van der Waals surface area contributed by atoms with E-state index in [-0.39, 0.29) is 11.4 Å². The molecule has 6 nitrogen and oxygen atoms in total. The summed E-state index contributed by atoms with van der Waals surface area (Å²) >= 11 is 0. The Morgan fingerprint density at radius 2 is 1.73 bits per heavy atom. The van der Waals surface area contributed by atoms with Crippen LogP contribution in [0.15, 0.2) is 64.0 Å². The number of hydrogen-bond donors (Lipinski definition) is 0. The van der Waals surface area contributed by atoms with Crippen molar-refractivity contribution in [2.45, 2.75) is 6.18 Å². The van der Waals surface area contributed by atoms with Gasteiger partial charge >= 0.3 is 12.1 Å². The summed E-state index contributed by atoms with van der Waals surface area (Å²) in [5, 5.41) is 8.68. The lowest BCUT2D eigenvalue weighted by Crippen LogP contribution is -2.20. The van der Waals surface area contributed by atoms with Crippen LogP contribution in [0.25, 0.3) is 27.8 Å². The second kappa shape index (κ2) is 5.80. The van der Waals surface area contributed by atoms with Crippen LogP contribution in [0.2, 0.25) is 0 Å². The van der Waals surface area contributed by atoms with Gasteiger partial charge in [-0.15, -0.1) is 0 Å². The molecular weight excluding hydrogens is 349 g/mol. The fraction of sp³-hybridized carbons (Fsp3) is 0.0588. The van der Waals surface area contributed by atoms with Crippen LogP contribution in [-0.4, -0.2) is 19.9 Å². The number of benzene rings is 2. The van der Waals surface area contributed by atoms with Crippen molar-refractivity contribution in [3.05, 3.63) is 71.0 Å². The van der Waals surface area contributed by atoms with Crippen LogP contribution in [0.3, 0.4) is 0 Å². The third-order valence-corrected chi connectivity index (χ3v) is 3.73. The molecule has 0 atom stereocenters.